The molecule has 2 rings (SSSR count). The van der Waals surface area contributed by atoms with Crippen LogP contribution < -0.4 is 10.0 Å². The number of sulfonamides is 1. The van der Waals surface area contributed by atoms with Crippen LogP contribution in [0.4, 0.5) is 0 Å². The molecular formula is C13H24N4O3S. The summed E-state index contributed by atoms with van der Waals surface area (Å²) in [5.41, 5.74) is 0.0885. The van der Waals surface area contributed by atoms with Crippen LogP contribution in [0.25, 0.3) is 0 Å². The van der Waals surface area contributed by atoms with E-state index >= 15 is 0 Å². The molecule has 120 valence electrons. The van der Waals surface area contributed by atoms with E-state index < -0.39 is 10.0 Å². The minimum atomic E-state index is -3.48. The van der Waals surface area contributed by atoms with E-state index in [1.807, 2.05) is 7.05 Å². The predicted octanol–water partition coefficient (Wildman–Crippen LogP) is 0.198. The molecule has 7 nitrogen and oxygen atoms in total. The first kappa shape index (κ1) is 16.4. The molecule has 0 aliphatic heterocycles. The standard InChI is InChI=1S/C13H24N4O3S/c1-14-6-7-17-10-12(9-15-17)21(18,19)16-11-13(3-4-13)5-8-20-2/h9-10,14,16H,3-8,11H2,1-2H3. The Morgan fingerprint density at radius 3 is 2.86 bits per heavy atom. The molecule has 1 aromatic heterocycles. The van der Waals surface area contributed by atoms with Crippen LogP contribution in [0.15, 0.2) is 17.3 Å². The molecule has 1 aliphatic carbocycles. The smallest absolute Gasteiger partial charge is 0.243 e. The Morgan fingerprint density at radius 1 is 1.48 bits per heavy atom. The van der Waals surface area contributed by atoms with E-state index in [4.69, 9.17) is 4.74 Å². The first-order chi connectivity index (χ1) is 10.0. The summed E-state index contributed by atoms with van der Waals surface area (Å²) in [6.45, 7) is 2.53. The SMILES string of the molecule is CNCCn1cc(S(=O)(=O)NCC2(CCOC)CC2)cn1. The van der Waals surface area contributed by atoms with Gasteiger partial charge in [-0.2, -0.15) is 5.10 Å². The van der Waals surface area contributed by atoms with E-state index in [0.29, 0.717) is 19.7 Å². The molecule has 8 heteroatoms. The highest BCUT2D eigenvalue weighted by Crippen LogP contribution is 2.48. The molecular weight excluding hydrogens is 292 g/mol. The summed E-state index contributed by atoms with van der Waals surface area (Å²) >= 11 is 0. The van der Waals surface area contributed by atoms with E-state index in [0.717, 1.165) is 25.8 Å². The van der Waals surface area contributed by atoms with E-state index in [-0.39, 0.29) is 10.3 Å². The summed E-state index contributed by atoms with van der Waals surface area (Å²) in [7, 11) is 0.0342. The number of hydrogen-bond donors (Lipinski definition) is 2. The lowest BCUT2D eigenvalue weighted by atomic mass is 10.0. The van der Waals surface area contributed by atoms with Gasteiger partial charge < -0.3 is 10.1 Å². The third kappa shape index (κ3) is 4.50. The highest BCUT2D eigenvalue weighted by Gasteiger charge is 2.42. The Bertz CT molecular complexity index is 552. The first-order valence-corrected chi connectivity index (χ1v) is 8.65. The van der Waals surface area contributed by atoms with Gasteiger partial charge in [-0.05, 0) is 31.7 Å². The lowest BCUT2D eigenvalue weighted by Gasteiger charge is -2.15. The molecule has 0 unspecified atom stereocenters. The van der Waals surface area contributed by atoms with E-state index in [1.165, 1.54) is 6.20 Å². The monoisotopic (exact) mass is 316 g/mol. The van der Waals surface area contributed by atoms with Crippen LogP contribution in [0.5, 0.6) is 0 Å². The topological polar surface area (TPSA) is 85.2 Å². The lowest BCUT2D eigenvalue weighted by Crippen LogP contribution is -2.30. The summed E-state index contributed by atoms with van der Waals surface area (Å²) in [5, 5.41) is 7.07. The van der Waals surface area contributed by atoms with Crippen LogP contribution in [0, 0.1) is 5.41 Å². The molecule has 0 bridgehead atoms. The quantitative estimate of drug-likeness (QED) is 0.644. The van der Waals surface area contributed by atoms with Crippen molar-refractivity contribution in [3.63, 3.8) is 0 Å². The highest BCUT2D eigenvalue weighted by molar-refractivity contribution is 7.89. The molecule has 21 heavy (non-hydrogen) atoms. The minimum absolute atomic E-state index is 0.0885. The summed E-state index contributed by atoms with van der Waals surface area (Å²) in [6.07, 6.45) is 5.97. The number of nitrogens with one attached hydrogen (secondary N) is 2. The number of nitrogens with zero attached hydrogens (tertiary/aromatic N) is 2. The fourth-order valence-corrected chi connectivity index (χ4v) is 3.28. The number of ether oxygens (including phenoxy) is 1. The van der Waals surface area contributed by atoms with Crippen molar-refractivity contribution in [3.05, 3.63) is 12.4 Å². The molecule has 0 spiro atoms. The lowest BCUT2D eigenvalue weighted by molar-refractivity contribution is 0.173. The number of likely N-dealkylation sites (N-methyl/N-ethyl adjacent to an activating group) is 1. The van der Waals surface area contributed by atoms with Gasteiger partial charge in [0.15, 0.2) is 0 Å². The third-order valence-corrected chi connectivity index (χ3v) is 5.30. The van der Waals surface area contributed by atoms with Gasteiger partial charge in [-0.3, -0.25) is 4.68 Å². The Hall–Kier alpha value is -0.960. The van der Waals surface area contributed by atoms with Crippen molar-refractivity contribution in [2.45, 2.75) is 30.7 Å². The van der Waals surface area contributed by atoms with Crippen LogP contribution in [-0.4, -0.2) is 52.1 Å². The van der Waals surface area contributed by atoms with Crippen LogP contribution in [0.3, 0.4) is 0 Å². The Labute approximate surface area is 126 Å². The first-order valence-electron chi connectivity index (χ1n) is 7.17. The van der Waals surface area contributed by atoms with E-state index in [1.54, 1.807) is 18.0 Å². The van der Waals surface area contributed by atoms with Gasteiger partial charge in [-0.1, -0.05) is 0 Å². The van der Waals surface area contributed by atoms with Gasteiger partial charge in [-0.15, -0.1) is 0 Å². The average Bonchev–Trinajstić information content (AvgIpc) is 3.08. The van der Waals surface area contributed by atoms with Crippen molar-refractivity contribution >= 4 is 10.0 Å². The average molecular weight is 316 g/mol. The van der Waals surface area contributed by atoms with Gasteiger partial charge in [0, 0.05) is 33.0 Å². The van der Waals surface area contributed by atoms with Gasteiger partial charge in [0.1, 0.15) is 4.90 Å². The van der Waals surface area contributed by atoms with Crippen molar-refractivity contribution in [1.29, 1.82) is 0 Å². The van der Waals surface area contributed by atoms with Crippen LogP contribution in [0.2, 0.25) is 0 Å². The van der Waals surface area contributed by atoms with Crippen LogP contribution in [-0.2, 0) is 21.3 Å². The zero-order valence-corrected chi connectivity index (χ0v) is 13.4. The van der Waals surface area contributed by atoms with Gasteiger partial charge in [-0.25, -0.2) is 13.1 Å². The molecule has 0 amide bonds. The molecule has 1 aromatic rings. The third-order valence-electron chi connectivity index (χ3n) is 3.94. The van der Waals surface area contributed by atoms with Crippen molar-refractivity contribution in [3.8, 4) is 0 Å². The summed E-state index contributed by atoms with van der Waals surface area (Å²) in [4.78, 5) is 0.223. The van der Waals surface area contributed by atoms with Gasteiger partial charge in [0.2, 0.25) is 10.0 Å². The van der Waals surface area contributed by atoms with Gasteiger partial charge >= 0.3 is 0 Å². The predicted molar refractivity (Wildman–Crippen MR) is 79.5 cm³/mol. The number of hydrogen-bond acceptors (Lipinski definition) is 5. The number of aromatic nitrogens is 2. The maximum atomic E-state index is 12.3. The molecule has 1 heterocycles. The van der Waals surface area contributed by atoms with Crippen LogP contribution in [0.1, 0.15) is 19.3 Å². The second-order valence-electron chi connectivity index (χ2n) is 5.61. The van der Waals surface area contributed by atoms with E-state index in [9.17, 15) is 8.42 Å². The minimum Gasteiger partial charge on any atom is -0.385 e. The van der Waals surface area contributed by atoms with E-state index in [2.05, 4.69) is 15.1 Å². The maximum Gasteiger partial charge on any atom is 0.243 e. The normalized spacial score (nSPS) is 17.0. The molecule has 1 aliphatic rings. The largest absolute Gasteiger partial charge is 0.385 e. The second kappa shape index (κ2) is 6.87. The zero-order chi connectivity index (χ0) is 15.3. The molecule has 2 N–H and O–H groups in total. The molecule has 1 fully saturated rings. The summed E-state index contributed by atoms with van der Waals surface area (Å²) < 4.78 is 33.9. The van der Waals surface area contributed by atoms with Gasteiger partial charge in [0.05, 0.1) is 12.7 Å². The van der Waals surface area contributed by atoms with Crippen molar-refractivity contribution < 1.29 is 13.2 Å². The second-order valence-corrected chi connectivity index (χ2v) is 7.38. The Morgan fingerprint density at radius 2 is 2.24 bits per heavy atom. The number of rotatable bonds is 10. The number of methoxy groups -OCH3 is 1. The van der Waals surface area contributed by atoms with Gasteiger partial charge in [0.25, 0.3) is 0 Å². The molecule has 0 saturated heterocycles. The van der Waals surface area contributed by atoms with Crippen molar-refractivity contribution in [2.24, 2.45) is 5.41 Å². The van der Waals surface area contributed by atoms with Crippen molar-refractivity contribution in [2.75, 3.05) is 33.9 Å². The molecule has 0 aromatic carbocycles. The van der Waals surface area contributed by atoms with Crippen molar-refractivity contribution in [1.82, 2.24) is 19.8 Å². The highest BCUT2D eigenvalue weighted by atomic mass is 32.2. The fourth-order valence-electron chi connectivity index (χ4n) is 2.17. The molecule has 0 atom stereocenters. The summed E-state index contributed by atoms with van der Waals surface area (Å²) in [6, 6.07) is 0. The zero-order valence-electron chi connectivity index (χ0n) is 12.6. The Kier molecular flexibility index (Phi) is 5.37. The summed E-state index contributed by atoms with van der Waals surface area (Å²) in [5.74, 6) is 0. The Balaban J connectivity index is 1.91. The molecule has 0 radical (unpaired) electrons. The molecule has 1 saturated carbocycles. The van der Waals surface area contributed by atoms with Crippen LogP contribution >= 0.6 is 0 Å². The maximum absolute atomic E-state index is 12.3. The fraction of sp³-hybridized carbons (Fsp3) is 0.769.